The van der Waals surface area contributed by atoms with Crippen molar-refractivity contribution >= 4 is 11.3 Å². The second-order valence-electron chi connectivity index (χ2n) is 4.62. The Hall–Kier alpha value is -0.450. The third-order valence-corrected chi connectivity index (χ3v) is 4.18. The van der Waals surface area contributed by atoms with Gasteiger partial charge in [0.05, 0.1) is 16.8 Å². The van der Waals surface area contributed by atoms with Crippen LogP contribution in [-0.2, 0) is 6.54 Å². The SMILES string of the molecule is CCC1CN(Cc2csc(C)n2)CCC1O. The molecule has 0 aliphatic carbocycles. The van der Waals surface area contributed by atoms with E-state index in [0.717, 1.165) is 37.5 Å². The lowest BCUT2D eigenvalue weighted by Gasteiger charge is -2.35. The summed E-state index contributed by atoms with van der Waals surface area (Å²) in [7, 11) is 0. The van der Waals surface area contributed by atoms with Gasteiger partial charge in [0, 0.05) is 25.0 Å². The summed E-state index contributed by atoms with van der Waals surface area (Å²) in [4.78, 5) is 6.90. The molecule has 1 N–H and O–H groups in total. The highest BCUT2D eigenvalue weighted by atomic mass is 32.1. The van der Waals surface area contributed by atoms with Gasteiger partial charge in [-0.1, -0.05) is 6.92 Å². The molecule has 16 heavy (non-hydrogen) atoms. The van der Waals surface area contributed by atoms with Crippen molar-refractivity contribution in [2.45, 2.75) is 39.3 Å². The third-order valence-electron chi connectivity index (χ3n) is 3.35. The van der Waals surface area contributed by atoms with Gasteiger partial charge >= 0.3 is 0 Å². The van der Waals surface area contributed by atoms with E-state index in [1.165, 1.54) is 5.69 Å². The Morgan fingerprint density at radius 2 is 2.44 bits per heavy atom. The molecule has 0 spiro atoms. The van der Waals surface area contributed by atoms with E-state index in [9.17, 15) is 5.11 Å². The predicted molar refractivity (Wildman–Crippen MR) is 66.5 cm³/mol. The first kappa shape index (κ1) is 12.0. The number of nitrogens with zero attached hydrogens (tertiary/aromatic N) is 2. The molecule has 1 aromatic rings. The van der Waals surface area contributed by atoms with E-state index in [1.807, 2.05) is 6.92 Å². The van der Waals surface area contributed by atoms with E-state index >= 15 is 0 Å². The van der Waals surface area contributed by atoms with E-state index in [1.54, 1.807) is 11.3 Å². The van der Waals surface area contributed by atoms with Crippen molar-refractivity contribution in [1.82, 2.24) is 9.88 Å². The minimum absolute atomic E-state index is 0.0987. The maximum atomic E-state index is 9.82. The number of rotatable bonds is 3. The van der Waals surface area contributed by atoms with Crippen LogP contribution in [0, 0.1) is 12.8 Å². The molecule has 1 aliphatic rings. The molecule has 0 saturated carbocycles. The highest BCUT2D eigenvalue weighted by molar-refractivity contribution is 7.09. The number of hydrogen-bond donors (Lipinski definition) is 1. The average molecular weight is 240 g/mol. The number of hydrogen-bond acceptors (Lipinski definition) is 4. The van der Waals surface area contributed by atoms with Crippen LogP contribution in [0.1, 0.15) is 30.5 Å². The summed E-state index contributed by atoms with van der Waals surface area (Å²) in [6.07, 6.45) is 1.87. The lowest BCUT2D eigenvalue weighted by molar-refractivity contribution is 0.0218. The Kier molecular flexibility index (Phi) is 3.95. The fraction of sp³-hybridized carbons (Fsp3) is 0.750. The highest BCUT2D eigenvalue weighted by Crippen LogP contribution is 2.21. The predicted octanol–water partition coefficient (Wildman–Crippen LogP) is 2.04. The van der Waals surface area contributed by atoms with Gasteiger partial charge in [-0.2, -0.15) is 0 Å². The highest BCUT2D eigenvalue weighted by Gasteiger charge is 2.26. The zero-order chi connectivity index (χ0) is 11.5. The van der Waals surface area contributed by atoms with Crippen LogP contribution in [0.5, 0.6) is 0 Å². The molecule has 2 rings (SSSR count). The van der Waals surface area contributed by atoms with Crippen molar-refractivity contribution in [2.75, 3.05) is 13.1 Å². The van der Waals surface area contributed by atoms with Crippen LogP contribution in [0.4, 0.5) is 0 Å². The molecule has 2 heterocycles. The first-order chi connectivity index (χ1) is 7.69. The maximum absolute atomic E-state index is 9.82. The minimum Gasteiger partial charge on any atom is -0.393 e. The monoisotopic (exact) mass is 240 g/mol. The zero-order valence-electron chi connectivity index (χ0n) is 10.0. The molecule has 3 nitrogen and oxygen atoms in total. The Labute approximate surface area is 101 Å². The smallest absolute Gasteiger partial charge is 0.0897 e. The topological polar surface area (TPSA) is 36.4 Å². The fourth-order valence-electron chi connectivity index (χ4n) is 2.35. The Balaban J connectivity index is 1.91. The van der Waals surface area contributed by atoms with Gasteiger partial charge < -0.3 is 5.11 Å². The molecule has 0 bridgehead atoms. The van der Waals surface area contributed by atoms with Crippen molar-refractivity contribution < 1.29 is 5.11 Å². The van der Waals surface area contributed by atoms with Gasteiger partial charge in [0.1, 0.15) is 0 Å². The lowest BCUT2D eigenvalue weighted by Crippen LogP contribution is -2.42. The molecule has 0 amide bonds. The quantitative estimate of drug-likeness (QED) is 0.878. The van der Waals surface area contributed by atoms with Gasteiger partial charge in [-0.15, -0.1) is 11.3 Å². The van der Waals surface area contributed by atoms with E-state index < -0.39 is 0 Å². The second-order valence-corrected chi connectivity index (χ2v) is 5.68. The summed E-state index contributed by atoms with van der Waals surface area (Å²) in [6, 6.07) is 0. The summed E-state index contributed by atoms with van der Waals surface area (Å²) >= 11 is 1.71. The van der Waals surface area contributed by atoms with E-state index in [0.29, 0.717) is 5.92 Å². The summed E-state index contributed by atoms with van der Waals surface area (Å²) < 4.78 is 0. The molecule has 4 heteroatoms. The molecule has 1 aromatic heterocycles. The Morgan fingerprint density at radius 1 is 1.62 bits per heavy atom. The van der Waals surface area contributed by atoms with E-state index in [4.69, 9.17) is 0 Å². The zero-order valence-corrected chi connectivity index (χ0v) is 10.8. The number of thiazole rings is 1. The molecule has 2 atom stereocenters. The largest absolute Gasteiger partial charge is 0.393 e. The van der Waals surface area contributed by atoms with Crippen LogP contribution >= 0.6 is 11.3 Å². The molecule has 2 unspecified atom stereocenters. The number of aliphatic hydroxyl groups excluding tert-OH is 1. The van der Waals surface area contributed by atoms with Crippen molar-refractivity contribution in [3.63, 3.8) is 0 Å². The van der Waals surface area contributed by atoms with Crippen molar-refractivity contribution in [2.24, 2.45) is 5.92 Å². The molecule has 0 radical (unpaired) electrons. The van der Waals surface area contributed by atoms with Crippen LogP contribution in [0.3, 0.4) is 0 Å². The molecular formula is C12H20N2OS. The molecule has 1 saturated heterocycles. The van der Waals surface area contributed by atoms with Gasteiger partial charge in [0.2, 0.25) is 0 Å². The van der Waals surface area contributed by atoms with Crippen molar-refractivity contribution in [1.29, 1.82) is 0 Å². The summed E-state index contributed by atoms with van der Waals surface area (Å²) in [5, 5.41) is 13.1. The normalized spacial score (nSPS) is 27.2. The summed E-state index contributed by atoms with van der Waals surface area (Å²) in [6.45, 7) is 7.14. The van der Waals surface area contributed by atoms with Gasteiger partial charge in [0.15, 0.2) is 0 Å². The van der Waals surface area contributed by atoms with Crippen LogP contribution in [0.15, 0.2) is 5.38 Å². The van der Waals surface area contributed by atoms with Crippen molar-refractivity contribution in [3.8, 4) is 0 Å². The standard InChI is InChI=1S/C12H20N2OS/c1-3-10-6-14(5-4-12(10)15)7-11-8-16-9(2)13-11/h8,10,12,15H,3-7H2,1-2H3. The molecular weight excluding hydrogens is 220 g/mol. The number of likely N-dealkylation sites (tertiary alicyclic amines) is 1. The van der Waals surface area contributed by atoms with E-state index in [2.05, 4.69) is 22.2 Å². The van der Waals surface area contributed by atoms with Crippen LogP contribution in [-0.4, -0.2) is 34.2 Å². The first-order valence-electron chi connectivity index (χ1n) is 6.00. The summed E-state index contributed by atoms with van der Waals surface area (Å²) in [5.74, 6) is 0.438. The fourth-order valence-corrected chi connectivity index (χ4v) is 2.95. The van der Waals surface area contributed by atoms with Crippen LogP contribution in [0.2, 0.25) is 0 Å². The van der Waals surface area contributed by atoms with E-state index in [-0.39, 0.29) is 6.10 Å². The molecule has 0 aromatic carbocycles. The molecule has 1 aliphatic heterocycles. The van der Waals surface area contributed by atoms with Gasteiger partial charge in [-0.25, -0.2) is 4.98 Å². The number of aryl methyl sites for hydroxylation is 1. The molecule has 1 fully saturated rings. The summed E-state index contributed by atoms with van der Waals surface area (Å²) in [5.41, 5.74) is 1.17. The lowest BCUT2D eigenvalue weighted by atomic mass is 9.92. The van der Waals surface area contributed by atoms with Gasteiger partial charge in [0.25, 0.3) is 0 Å². The Morgan fingerprint density at radius 3 is 3.06 bits per heavy atom. The van der Waals surface area contributed by atoms with Crippen LogP contribution in [0.25, 0.3) is 0 Å². The number of piperidine rings is 1. The average Bonchev–Trinajstić information content (AvgIpc) is 2.67. The van der Waals surface area contributed by atoms with Gasteiger partial charge in [-0.3, -0.25) is 4.90 Å². The minimum atomic E-state index is -0.0987. The number of aliphatic hydroxyl groups is 1. The Bertz CT molecular complexity index is 340. The second kappa shape index (κ2) is 5.25. The maximum Gasteiger partial charge on any atom is 0.0897 e. The van der Waals surface area contributed by atoms with Crippen molar-refractivity contribution in [3.05, 3.63) is 16.1 Å². The first-order valence-corrected chi connectivity index (χ1v) is 6.88. The van der Waals surface area contributed by atoms with Crippen LogP contribution < -0.4 is 0 Å². The van der Waals surface area contributed by atoms with Gasteiger partial charge in [-0.05, 0) is 25.7 Å². The molecule has 90 valence electrons. The third kappa shape index (κ3) is 2.81. The number of aromatic nitrogens is 1.